The number of carbonyl (C=O) groups is 4. The van der Waals surface area contributed by atoms with E-state index in [1.807, 2.05) is 13.8 Å². The second kappa shape index (κ2) is 9.13. The first-order chi connectivity index (χ1) is 13.6. The predicted molar refractivity (Wildman–Crippen MR) is 109 cm³/mol. The average molecular weight is 424 g/mol. The van der Waals surface area contributed by atoms with Crippen LogP contribution in [0.2, 0.25) is 5.02 Å². The Hall–Kier alpha value is -2.81. The molecule has 1 aliphatic heterocycles. The van der Waals surface area contributed by atoms with Gasteiger partial charge in [0.1, 0.15) is 5.54 Å². The first-order valence-electron chi connectivity index (χ1n) is 9.35. The summed E-state index contributed by atoms with van der Waals surface area (Å²) in [6.07, 6.45) is 0.401. The molecule has 0 aliphatic carbocycles. The van der Waals surface area contributed by atoms with E-state index in [2.05, 4.69) is 21.4 Å². The van der Waals surface area contributed by atoms with Gasteiger partial charge in [-0.2, -0.15) is 5.01 Å². The fourth-order valence-corrected chi connectivity index (χ4v) is 2.84. The first-order valence-corrected chi connectivity index (χ1v) is 9.73. The van der Waals surface area contributed by atoms with Gasteiger partial charge in [0.2, 0.25) is 0 Å². The molecule has 1 heterocycles. The van der Waals surface area contributed by atoms with E-state index >= 15 is 0 Å². The largest absolute Gasteiger partial charge is 0.376 e. The van der Waals surface area contributed by atoms with Gasteiger partial charge in [-0.05, 0) is 37.5 Å². The molecule has 0 spiro atoms. The molecule has 1 aromatic carbocycles. The van der Waals surface area contributed by atoms with Crippen LogP contribution in [-0.4, -0.2) is 47.4 Å². The van der Waals surface area contributed by atoms with Gasteiger partial charge in [0.25, 0.3) is 17.7 Å². The first kappa shape index (κ1) is 22.5. The van der Waals surface area contributed by atoms with Crippen molar-refractivity contribution in [3.8, 4) is 0 Å². The minimum atomic E-state index is -1.03. The van der Waals surface area contributed by atoms with Crippen molar-refractivity contribution in [3.63, 3.8) is 0 Å². The number of amides is 5. The van der Waals surface area contributed by atoms with Gasteiger partial charge >= 0.3 is 6.03 Å². The van der Waals surface area contributed by atoms with E-state index in [1.54, 1.807) is 26.0 Å². The minimum Gasteiger partial charge on any atom is -0.376 e. The number of urea groups is 1. The third-order valence-electron chi connectivity index (χ3n) is 4.54. The van der Waals surface area contributed by atoms with Gasteiger partial charge in [-0.1, -0.05) is 32.4 Å². The van der Waals surface area contributed by atoms with E-state index in [9.17, 15) is 19.2 Å². The molecule has 0 bridgehead atoms. The van der Waals surface area contributed by atoms with Crippen LogP contribution in [0.5, 0.6) is 0 Å². The molecule has 1 fully saturated rings. The van der Waals surface area contributed by atoms with E-state index in [0.29, 0.717) is 35.1 Å². The zero-order valence-electron chi connectivity index (χ0n) is 16.9. The Kier molecular flexibility index (Phi) is 7.07. The van der Waals surface area contributed by atoms with Crippen LogP contribution >= 0.6 is 11.6 Å². The van der Waals surface area contributed by atoms with E-state index in [-0.39, 0.29) is 17.5 Å². The molecule has 0 radical (unpaired) electrons. The van der Waals surface area contributed by atoms with Gasteiger partial charge in [0.15, 0.2) is 0 Å². The monoisotopic (exact) mass is 423 g/mol. The molecular formula is C19H26ClN5O4. The lowest BCUT2D eigenvalue weighted by Gasteiger charge is -2.19. The Balaban J connectivity index is 1.92. The van der Waals surface area contributed by atoms with E-state index in [0.717, 1.165) is 0 Å². The number of anilines is 1. The molecule has 10 heteroatoms. The molecule has 0 unspecified atom stereocenters. The summed E-state index contributed by atoms with van der Waals surface area (Å²) in [6, 6.07) is 4.03. The average Bonchev–Trinajstić information content (AvgIpc) is 2.88. The van der Waals surface area contributed by atoms with Gasteiger partial charge in [0.05, 0.1) is 17.1 Å². The molecule has 1 aliphatic rings. The minimum absolute atomic E-state index is 0.199. The number of nitrogens with zero attached hydrogens (tertiary/aromatic N) is 1. The number of imide groups is 1. The number of hydrogen-bond donors (Lipinski definition) is 4. The number of hydrazine groups is 1. The van der Waals surface area contributed by atoms with Gasteiger partial charge in [-0.3, -0.25) is 19.8 Å². The molecule has 29 heavy (non-hydrogen) atoms. The molecule has 158 valence electrons. The van der Waals surface area contributed by atoms with Crippen molar-refractivity contribution >= 4 is 41.0 Å². The maximum Gasteiger partial charge on any atom is 0.344 e. The predicted octanol–water partition coefficient (Wildman–Crippen LogP) is 1.89. The van der Waals surface area contributed by atoms with Gasteiger partial charge in [-0.15, -0.1) is 0 Å². The van der Waals surface area contributed by atoms with Crippen LogP contribution in [-0.2, 0) is 9.59 Å². The molecular weight excluding hydrogens is 398 g/mol. The standard InChI is InChI=1S/C19H26ClN5O4/c1-5-19(4)17(28)25(18(29)23-19)24-15(26)10-21-12-6-7-13(14(20)8-12)16(27)22-9-11(2)3/h6-8,11,21H,5,9-10H2,1-4H3,(H,22,27)(H,23,29)(H,24,26)/t19-/m0/s1. The maximum atomic E-state index is 12.3. The van der Waals surface area contributed by atoms with Crippen molar-refractivity contribution in [2.24, 2.45) is 5.92 Å². The molecule has 4 N–H and O–H groups in total. The number of halogens is 1. The highest BCUT2D eigenvalue weighted by Crippen LogP contribution is 2.21. The van der Waals surface area contributed by atoms with Crippen LogP contribution in [0.1, 0.15) is 44.5 Å². The summed E-state index contributed by atoms with van der Waals surface area (Å²) < 4.78 is 0. The normalized spacial score (nSPS) is 18.6. The Bertz CT molecular complexity index is 829. The lowest BCUT2D eigenvalue weighted by atomic mass is 10.00. The third-order valence-corrected chi connectivity index (χ3v) is 4.85. The lowest BCUT2D eigenvalue weighted by molar-refractivity contribution is -0.138. The highest BCUT2D eigenvalue weighted by Gasteiger charge is 2.47. The molecule has 1 saturated heterocycles. The molecule has 5 amide bonds. The Morgan fingerprint density at radius 2 is 1.97 bits per heavy atom. The topological polar surface area (TPSA) is 120 Å². The van der Waals surface area contributed by atoms with Crippen molar-refractivity contribution in [2.75, 3.05) is 18.4 Å². The zero-order chi connectivity index (χ0) is 21.8. The number of hydrogen-bond acceptors (Lipinski definition) is 5. The van der Waals surface area contributed by atoms with Crippen LogP contribution < -0.4 is 21.4 Å². The number of rotatable bonds is 8. The maximum absolute atomic E-state index is 12.3. The van der Waals surface area contributed by atoms with Crippen LogP contribution in [0.25, 0.3) is 0 Å². The van der Waals surface area contributed by atoms with Gasteiger partial charge < -0.3 is 16.0 Å². The SMILES string of the molecule is CC[C@]1(C)NC(=O)N(NC(=O)CNc2ccc(C(=O)NCC(C)C)c(Cl)c2)C1=O. The van der Waals surface area contributed by atoms with Crippen molar-refractivity contribution in [3.05, 3.63) is 28.8 Å². The summed E-state index contributed by atoms with van der Waals surface area (Å²) in [6.45, 7) is 7.68. The summed E-state index contributed by atoms with van der Waals surface area (Å²) in [4.78, 5) is 48.4. The quantitative estimate of drug-likeness (QED) is 0.476. The van der Waals surface area contributed by atoms with Gasteiger partial charge in [-0.25, -0.2) is 4.79 Å². The van der Waals surface area contributed by atoms with Crippen molar-refractivity contribution in [2.45, 2.75) is 39.7 Å². The fourth-order valence-electron chi connectivity index (χ4n) is 2.57. The summed E-state index contributed by atoms with van der Waals surface area (Å²) in [5.74, 6) is -1.05. The van der Waals surface area contributed by atoms with Crippen molar-refractivity contribution in [1.82, 2.24) is 21.1 Å². The molecule has 1 atom stereocenters. The molecule has 1 aromatic rings. The molecule has 0 aromatic heterocycles. The Morgan fingerprint density at radius 1 is 1.28 bits per heavy atom. The third kappa shape index (κ3) is 5.38. The van der Waals surface area contributed by atoms with E-state index in [1.165, 1.54) is 6.07 Å². The Labute approximate surface area is 174 Å². The molecule has 0 saturated carbocycles. The van der Waals surface area contributed by atoms with Crippen molar-refractivity contribution in [1.29, 1.82) is 0 Å². The van der Waals surface area contributed by atoms with Crippen LogP contribution in [0.4, 0.5) is 10.5 Å². The zero-order valence-corrected chi connectivity index (χ0v) is 17.6. The van der Waals surface area contributed by atoms with Crippen LogP contribution in [0.15, 0.2) is 18.2 Å². The van der Waals surface area contributed by atoms with Crippen LogP contribution in [0, 0.1) is 5.92 Å². The number of benzene rings is 1. The summed E-state index contributed by atoms with van der Waals surface area (Å²) in [5, 5.41) is 9.10. The van der Waals surface area contributed by atoms with Gasteiger partial charge in [0, 0.05) is 12.2 Å². The van der Waals surface area contributed by atoms with E-state index in [4.69, 9.17) is 11.6 Å². The van der Waals surface area contributed by atoms with E-state index < -0.39 is 23.4 Å². The smallest absolute Gasteiger partial charge is 0.344 e. The fraction of sp³-hybridized carbons (Fsp3) is 0.474. The van der Waals surface area contributed by atoms with Crippen molar-refractivity contribution < 1.29 is 19.2 Å². The summed E-state index contributed by atoms with van der Waals surface area (Å²) in [7, 11) is 0. The molecule has 9 nitrogen and oxygen atoms in total. The highest BCUT2D eigenvalue weighted by atomic mass is 35.5. The number of nitrogens with one attached hydrogen (secondary N) is 4. The lowest BCUT2D eigenvalue weighted by Crippen LogP contribution is -2.50. The number of carbonyl (C=O) groups excluding carboxylic acids is 4. The second-order valence-corrected chi connectivity index (χ2v) is 7.85. The Morgan fingerprint density at radius 3 is 2.52 bits per heavy atom. The summed E-state index contributed by atoms with van der Waals surface area (Å²) in [5.41, 5.74) is 2.10. The summed E-state index contributed by atoms with van der Waals surface area (Å²) >= 11 is 6.17. The second-order valence-electron chi connectivity index (χ2n) is 7.44. The van der Waals surface area contributed by atoms with Crippen LogP contribution in [0.3, 0.4) is 0 Å². The molecule has 2 rings (SSSR count). The highest BCUT2D eigenvalue weighted by molar-refractivity contribution is 6.34.